The van der Waals surface area contributed by atoms with E-state index in [0.717, 1.165) is 12.8 Å². The van der Waals surface area contributed by atoms with Crippen molar-refractivity contribution in [2.75, 3.05) is 33.4 Å². The maximum absolute atomic E-state index is 12.7. The molecule has 150 valence electrons. The molecule has 1 aliphatic rings. The summed E-state index contributed by atoms with van der Waals surface area (Å²) >= 11 is 0. The van der Waals surface area contributed by atoms with Gasteiger partial charge in [0.2, 0.25) is 10.0 Å². The first kappa shape index (κ1) is 21.1. The van der Waals surface area contributed by atoms with Gasteiger partial charge in [-0.1, -0.05) is 0 Å². The van der Waals surface area contributed by atoms with E-state index in [1.807, 2.05) is 0 Å². The minimum atomic E-state index is -3.69. The molecule has 3 N–H and O–H groups in total. The van der Waals surface area contributed by atoms with E-state index in [1.165, 1.54) is 36.5 Å². The van der Waals surface area contributed by atoms with Gasteiger partial charge in [-0.25, -0.2) is 8.42 Å². The zero-order chi connectivity index (χ0) is 20.0. The Balaban J connectivity index is 2.20. The molecule has 0 aliphatic carbocycles. The Morgan fingerprint density at radius 2 is 1.96 bits per heavy atom. The van der Waals surface area contributed by atoms with Gasteiger partial charge in [0.25, 0.3) is 11.8 Å². The van der Waals surface area contributed by atoms with Gasteiger partial charge in [-0.2, -0.15) is 4.31 Å². The Morgan fingerprint density at radius 3 is 2.56 bits per heavy atom. The summed E-state index contributed by atoms with van der Waals surface area (Å²) in [7, 11) is -2.18. The maximum Gasteiger partial charge on any atom is 0.260 e. The first-order chi connectivity index (χ1) is 12.8. The van der Waals surface area contributed by atoms with E-state index in [2.05, 4.69) is 5.32 Å². The van der Waals surface area contributed by atoms with Gasteiger partial charge < -0.3 is 20.5 Å². The van der Waals surface area contributed by atoms with Crippen LogP contribution in [-0.2, 0) is 19.6 Å². The van der Waals surface area contributed by atoms with Crippen molar-refractivity contribution < 1.29 is 27.5 Å². The lowest BCUT2D eigenvalue weighted by molar-refractivity contribution is -0.127. The predicted molar refractivity (Wildman–Crippen MR) is 97.9 cm³/mol. The number of carbonyl (C=O) groups excluding carboxylic acids is 2. The number of nitrogens with one attached hydrogen (secondary N) is 1. The molecule has 0 radical (unpaired) electrons. The SMILES string of the molecule is COCCNC(=O)[C@@H](C)Oc1ccc(S(=O)(=O)N2CCCC2)cc1C(N)=O. The number of hydrogen-bond acceptors (Lipinski definition) is 6. The number of benzene rings is 1. The summed E-state index contributed by atoms with van der Waals surface area (Å²) in [6, 6.07) is 3.90. The van der Waals surface area contributed by atoms with E-state index in [1.54, 1.807) is 0 Å². The fourth-order valence-corrected chi connectivity index (χ4v) is 4.25. The highest BCUT2D eigenvalue weighted by molar-refractivity contribution is 7.89. The predicted octanol–water partition coefficient (Wildman–Crippen LogP) is 0.0999. The van der Waals surface area contributed by atoms with Crippen LogP contribution in [0.5, 0.6) is 5.75 Å². The molecular formula is C17H25N3O6S. The molecule has 1 aliphatic heterocycles. The van der Waals surface area contributed by atoms with E-state index < -0.39 is 27.9 Å². The Labute approximate surface area is 158 Å². The minimum absolute atomic E-state index is 0.0252. The van der Waals surface area contributed by atoms with Crippen LogP contribution in [0.3, 0.4) is 0 Å². The second-order valence-electron chi connectivity index (χ2n) is 6.18. The summed E-state index contributed by atoms with van der Waals surface area (Å²) in [6.07, 6.45) is 0.707. The second kappa shape index (κ2) is 9.16. The van der Waals surface area contributed by atoms with Crippen molar-refractivity contribution in [2.45, 2.75) is 30.8 Å². The average molecular weight is 399 g/mol. The van der Waals surface area contributed by atoms with Crippen LogP contribution in [0.15, 0.2) is 23.1 Å². The van der Waals surface area contributed by atoms with Gasteiger partial charge in [0.1, 0.15) is 5.75 Å². The topological polar surface area (TPSA) is 128 Å². The number of methoxy groups -OCH3 is 1. The number of ether oxygens (including phenoxy) is 2. The van der Waals surface area contributed by atoms with Gasteiger partial charge in [-0.15, -0.1) is 0 Å². The maximum atomic E-state index is 12.7. The highest BCUT2D eigenvalue weighted by Gasteiger charge is 2.29. The van der Waals surface area contributed by atoms with Crippen LogP contribution in [0, 0.1) is 0 Å². The largest absolute Gasteiger partial charge is 0.480 e. The van der Waals surface area contributed by atoms with E-state index >= 15 is 0 Å². The molecule has 0 spiro atoms. The van der Waals surface area contributed by atoms with Crippen molar-refractivity contribution in [1.29, 1.82) is 0 Å². The number of nitrogens with two attached hydrogens (primary N) is 1. The molecule has 1 atom stereocenters. The third-order valence-corrected chi connectivity index (χ3v) is 6.09. The van der Waals surface area contributed by atoms with Crippen LogP contribution < -0.4 is 15.8 Å². The standard InChI is InChI=1S/C17H25N3O6S/c1-12(17(22)19-7-10-25-2)26-15-6-5-13(11-14(15)16(18)21)27(23,24)20-8-3-4-9-20/h5-6,11-12H,3-4,7-10H2,1-2H3,(H2,18,21)(H,19,22)/t12-/m1/s1. The summed E-state index contributed by atoms with van der Waals surface area (Å²) < 4.78 is 37.1. The fourth-order valence-electron chi connectivity index (χ4n) is 2.71. The number of primary amides is 1. The molecule has 0 bridgehead atoms. The zero-order valence-corrected chi connectivity index (χ0v) is 16.3. The first-order valence-electron chi connectivity index (χ1n) is 8.64. The van der Waals surface area contributed by atoms with Gasteiger partial charge in [0, 0.05) is 26.7 Å². The lowest BCUT2D eigenvalue weighted by atomic mass is 10.2. The van der Waals surface area contributed by atoms with Crippen molar-refractivity contribution in [3.63, 3.8) is 0 Å². The van der Waals surface area contributed by atoms with Crippen LogP contribution in [-0.4, -0.2) is 64.0 Å². The highest BCUT2D eigenvalue weighted by atomic mass is 32.2. The molecular weight excluding hydrogens is 374 g/mol. The summed E-state index contributed by atoms with van der Waals surface area (Å²) in [5.74, 6) is -1.18. The van der Waals surface area contributed by atoms with Crippen LogP contribution in [0.25, 0.3) is 0 Å². The number of sulfonamides is 1. The van der Waals surface area contributed by atoms with Crippen LogP contribution >= 0.6 is 0 Å². The smallest absolute Gasteiger partial charge is 0.260 e. The first-order valence-corrected chi connectivity index (χ1v) is 10.1. The molecule has 10 heteroatoms. The van der Waals surface area contributed by atoms with Crippen molar-refractivity contribution in [3.8, 4) is 5.75 Å². The van der Waals surface area contributed by atoms with Crippen molar-refractivity contribution >= 4 is 21.8 Å². The number of hydrogen-bond donors (Lipinski definition) is 2. The summed E-state index contributed by atoms with van der Waals surface area (Å²) in [4.78, 5) is 23.8. The lowest BCUT2D eigenvalue weighted by Gasteiger charge is -2.19. The molecule has 9 nitrogen and oxygen atoms in total. The van der Waals surface area contributed by atoms with Gasteiger partial charge >= 0.3 is 0 Å². The van der Waals surface area contributed by atoms with E-state index in [9.17, 15) is 18.0 Å². The van der Waals surface area contributed by atoms with Gasteiger partial charge in [0.15, 0.2) is 6.10 Å². The third-order valence-electron chi connectivity index (χ3n) is 4.20. The van der Waals surface area contributed by atoms with E-state index in [4.69, 9.17) is 15.2 Å². The summed E-state index contributed by atoms with van der Waals surface area (Å²) in [6.45, 7) is 3.09. The Morgan fingerprint density at radius 1 is 1.30 bits per heavy atom. The van der Waals surface area contributed by atoms with Crippen LogP contribution in [0.4, 0.5) is 0 Å². The Kier molecular flexibility index (Phi) is 7.17. The molecule has 1 aromatic carbocycles. The lowest BCUT2D eigenvalue weighted by Crippen LogP contribution is -2.38. The highest BCUT2D eigenvalue weighted by Crippen LogP contribution is 2.27. The van der Waals surface area contributed by atoms with Gasteiger partial charge in [-0.05, 0) is 38.0 Å². The minimum Gasteiger partial charge on any atom is -0.480 e. The molecule has 0 unspecified atom stereocenters. The quantitative estimate of drug-likeness (QED) is 0.567. The Hall–Kier alpha value is -2.17. The normalized spacial score (nSPS) is 16.1. The zero-order valence-electron chi connectivity index (χ0n) is 15.4. The Bertz CT molecular complexity index is 790. The monoisotopic (exact) mass is 399 g/mol. The van der Waals surface area contributed by atoms with Crippen molar-refractivity contribution in [3.05, 3.63) is 23.8 Å². The number of amides is 2. The molecule has 2 rings (SSSR count). The van der Waals surface area contributed by atoms with Gasteiger partial charge in [-0.3, -0.25) is 9.59 Å². The summed E-state index contributed by atoms with van der Waals surface area (Å²) in [5, 5.41) is 2.62. The molecule has 1 saturated heterocycles. The van der Waals surface area contributed by atoms with E-state index in [-0.39, 0.29) is 16.2 Å². The molecule has 0 saturated carbocycles. The molecule has 27 heavy (non-hydrogen) atoms. The van der Waals surface area contributed by atoms with Crippen LogP contribution in [0.2, 0.25) is 0 Å². The van der Waals surface area contributed by atoms with Gasteiger partial charge in [0.05, 0.1) is 17.1 Å². The number of carbonyl (C=O) groups is 2. The fraction of sp³-hybridized carbons (Fsp3) is 0.529. The number of rotatable bonds is 9. The number of nitrogens with zero attached hydrogens (tertiary/aromatic N) is 1. The van der Waals surface area contributed by atoms with Crippen LogP contribution in [0.1, 0.15) is 30.1 Å². The molecule has 1 fully saturated rings. The van der Waals surface area contributed by atoms with Crippen molar-refractivity contribution in [1.82, 2.24) is 9.62 Å². The van der Waals surface area contributed by atoms with Crippen molar-refractivity contribution in [2.24, 2.45) is 5.73 Å². The molecule has 1 aromatic rings. The molecule has 1 heterocycles. The second-order valence-corrected chi connectivity index (χ2v) is 8.12. The summed E-state index contributed by atoms with van der Waals surface area (Å²) in [5.41, 5.74) is 5.29. The third kappa shape index (κ3) is 5.18. The molecule has 2 amide bonds. The molecule has 0 aromatic heterocycles. The van der Waals surface area contributed by atoms with E-state index in [0.29, 0.717) is 26.2 Å². The average Bonchev–Trinajstić information content (AvgIpc) is 3.17.